The second kappa shape index (κ2) is 8.12. The molecule has 0 aliphatic heterocycles. The SMILES string of the molecule is COc1ccc(OC(=O)c2ccc(C=Nc3ccc(C)cc3)cc2)cc1. The number of methoxy groups -OCH3 is 1. The van der Waals surface area contributed by atoms with Crippen LogP contribution in [0.4, 0.5) is 5.69 Å². The normalized spacial score (nSPS) is 10.7. The maximum Gasteiger partial charge on any atom is 0.343 e. The maximum absolute atomic E-state index is 12.2. The minimum absolute atomic E-state index is 0.405. The molecule has 0 N–H and O–H groups in total. The first-order valence-electron chi connectivity index (χ1n) is 8.21. The molecule has 0 aliphatic carbocycles. The van der Waals surface area contributed by atoms with Gasteiger partial charge in [0.25, 0.3) is 0 Å². The third-order valence-corrected chi connectivity index (χ3v) is 3.81. The van der Waals surface area contributed by atoms with Crippen molar-refractivity contribution >= 4 is 17.9 Å². The third-order valence-electron chi connectivity index (χ3n) is 3.81. The molecule has 0 aliphatic rings. The molecule has 0 bridgehead atoms. The van der Waals surface area contributed by atoms with Crippen molar-refractivity contribution in [1.29, 1.82) is 0 Å². The number of hydrogen-bond donors (Lipinski definition) is 0. The van der Waals surface area contributed by atoms with Crippen LogP contribution in [0.15, 0.2) is 77.8 Å². The molecule has 0 amide bonds. The molecular weight excluding hydrogens is 326 g/mol. The number of hydrogen-bond acceptors (Lipinski definition) is 4. The summed E-state index contributed by atoms with van der Waals surface area (Å²) in [5, 5.41) is 0. The second-order valence-electron chi connectivity index (χ2n) is 5.78. The van der Waals surface area contributed by atoms with E-state index in [1.165, 1.54) is 5.56 Å². The van der Waals surface area contributed by atoms with Crippen LogP contribution in [-0.4, -0.2) is 19.3 Å². The van der Waals surface area contributed by atoms with E-state index in [0.717, 1.165) is 11.3 Å². The predicted molar refractivity (Wildman–Crippen MR) is 103 cm³/mol. The highest BCUT2D eigenvalue weighted by atomic mass is 16.5. The molecule has 0 fully saturated rings. The molecular formula is C22H19NO3. The Balaban J connectivity index is 1.64. The van der Waals surface area contributed by atoms with Crippen molar-refractivity contribution in [3.63, 3.8) is 0 Å². The highest BCUT2D eigenvalue weighted by molar-refractivity contribution is 5.92. The van der Waals surface area contributed by atoms with Gasteiger partial charge in [0.15, 0.2) is 0 Å². The van der Waals surface area contributed by atoms with Gasteiger partial charge in [-0.15, -0.1) is 0 Å². The molecule has 130 valence electrons. The summed E-state index contributed by atoms with van der Waals surface area (Å²) in [6.07, 6.45) is 1.77. The van der Waals surface area contributed by atoms with E-state index in [2.05, 4.69) is 4.99 Å². The summed E-state index contributed by atoms with van der Waals surface area (Å²) in [4.78, 5) is 16.6. The van der Waals surface area contributed by atoms with Gasteiger partial charge in [0, 0.05) is 6.21 Å². The van der Waals surface area contributed by atoms with Crippen molar-refractivity contribution in [2.45, 2.75) is 6.92 Å². The minimum Gasteiger partial charge on any atom is -0.497 e. The molecule has 0 heterocycles. The average molecular weight is 345 g/mol. The van der Waals surface area contributed by atoms with Crippen molar-refractivity contribution in [3.05, 3.63) is 89.5 Å². The lowest BCUT2D eigenvalue weighted by atomic mass is 10.1. The number of carbonyl (C=O) groups excluding carboxylic acids is 1. The van der Waals surface area contributed by atoms with Crippen LogP contribution in [-0.2, 0) is 0 Å². The standard InChI is InChI=1S/C22H19NO3/c1-16-3-9-19(10-4-16)23-15-17-5-7-18(8-6-17)22(24)26-21-13-11-20(25-2)12-14-21/h3-15H,1-2H3. The van der Waals surface area contributed by atoms with Crippen LogP contribution in [0.1, 0.15) is 21.5 Å². The van der Waals surface area contributed by atoms with E-state index in [9.17, 15) is 4.79 Å². The molecule has 4 heteroatoms. The minimum atomic E-state index is -0.405. The van der Waals surface area contributed by atoms with Crippen LogP contribution in [0.5, 0.6) is 11.5 Å². The molecule has 3 rings (SSSR count). The van der Waals surface area contributed by atoms with E-state index in [4.69, 9.17) is 9.47 Å². The monoisotopic (exact) mass is 345 g/mol. The van der Waals surface area contributed by atoms with E-state index < -0.39 is 5.97 Å². The van der Waals surface area contributed by atoms with Crippen LogP contribution in [0.2, 0.25) is 0 Å². The van der Waals surface area contributed by atoms with Gasteiger partial charge in [0.05, 0.1) is 18.4 Å². The van der Waals surface area contributed by atoms with E-state index >= 15 is 0 Å². The lowest BCUT2D eigenvalue weighted by Crippen LogP contribution is -2.08. The summed E-state index contributed by atoms with van der Waals surface area (Å²) in [6.45, 7) is 2.04. The van der Waals surface area contributed by atoms with E-state index in [1.807, 2.05) is 43.3 Å². The molecule has 0 saturated carbocycles. The third kappa shape index (κ3) is 4.57. The molecule has 3 aromatic carbocycles. The molecule has 0 atom stereocenters. The van der Waals surface area contributed by atoms with Crippen molar-refractivity contribution < 1.29 is 14.3 Å². The summed E-state index contributed by atoms with van der Waals surface area (Å²) in [5.41, 5.74) is 3.47. The van der Waals surface area contributed by atoms with Crippen LogP contribution < -0.4 is 9.47 Å². The first-order chi connectivity index (χ1) is 12.6. The fourth-order valence-electron chi connectivity index (χ4n) is 2.29. The molecule has 0 spiro atoms. The first-order valence-corrected chi connectivity index (χ1v) is 8.21. The Morgan fingerprint density at radius 3 is 2.08 bits per heavy atom. The molecule has 0 radical (unpaired) electrons. The average Bonchev–Trinajstić information content (AvgIpc) is 2.68. The highest BCUT2D eigenvalue weighted by Crippen LogP contribution is 2.18. The number of carbonyl (C=O) groups is 1. The second-order valence-corrected chi connectivity index (χ2v) is 5.78. The van der Waals surface area contributed by atoms with Gasteiger partial charge in [-0.05, 0) is 61.0 Å². The van der Waals surface area contributed by atoms with Crippen molar-refractivity contribution in [3.8, 4) is 11.5 Å². The Morgan fingerprint density at radius 1 is 0.846 bits per heavy atom. The van der Waals surface area contributed by atoms with Gasteiger partial charge in [0.1, 0.15) is 11.5 Å². The lowest BCUT2D eigenvalue weighted by Gasteiger charge is -2.05. The molecule has 0 saturated heterocycles. The van der Waals surface area contributed by atoms with Gasteiger partial charge in [-0.1, -0.05) is 29.8 Å². The van der Waals surface area contributed by atoms with Crippen molar-refractivity contribution in [1.82, 2.24) is 0 Å². The number of ether oxygens (including phenoxy) is 2. The van der Waals surface area contributed by atoms with Crippen LogP contribution in [0.3, 0.4) is 0 Å². The number of rotatable bonds is 5. The van der Waals surface area contributed by atoms with Gasteiger partial charge < -0.3 is 9.47 Å². The Kier molecular flexibility index (Phi) is 5.44. The number of nitrogens with zero attached hydrogens (tertiary/aromatic N) is 1. The Bertz CT molecular complexity index is 896. The molecule has 3 aromatic rings. The number of benzene rings is 3. The zero-order valence-corrected chi connectivity index (χ0v) is 14.7. The van der Waals surface area contributed by atoms with E-state index in [-0.39, 0.29) is 0 Å². The first kappa shape index (κ1) is 17.4. The van der Waals surface area contributed by atoms with Crippen molar-refractivity contribution in [2.75, 3.05) is 7.11 Å². The maximum atomic E-state index is 12.2. The van der Waals surface area contributed by atoms with Gasteiger partial charge in [-0.3, -0.25) is 4.99 Å². The summed E-state index contributed by atoms with van der Waals surface area (Å²) in [7, 11) is 1.59. The highest BCUT2D eigenvalue weighted by Gasteiger charge is 2.08. The van der Waals surface area contributed by atoms with Crippen LogP contribution in [0, 0.1) is 6.92 Å². The van der Waals surface area contributed by atoms with Crippen LogP contribution >= 0.6 is 0 Å². The van der Waals surface area contributed by atoms with Gasteiger partial charge in [-0.25, -0.2) is 4.79 Å². The largest absolute Gasteiger partial charge is 0.497 e. The lowest BCUT2D eigenvalue weighted by molar-refractivity contribution is 0.0734. The van der Waals surface area contributed by atoms with E-state index in [0.29, 0.717) is 17.1 Å². The molecule has 26 heavy (non-hydrogen) atoms. The van der Waals surface area contributed by atoms with E-state index in [1.54, 1.807) is 49.7 Å². The number of esters is 1. The summed E-state index contributed by atoms with van der Waals surface area (Å²) < 4.78 is 10.4. The molecule has 4 nitrogen and oxygen atoms in total. The summed E-state index contributed by atoms with van der Waals surface area (Å²) in [5.74, 6) is 0.778. The molecule has 0 aromatic heterocycles. The quantitative estimate of drug-likeness (QED) is 0.372. The number of aryl methyl sites for hydroxylation is 1. The van der Waals surface area contributed by atoms with Gasteiger partial charge in [0.2, 0.25) is 0 Å². The fourth-order valence-corrected chi connectivity index (χ4v) is 2.29. The number of aliphatic imine (C=N–C) groups is 1. The zero-order valence-electron chi connectivity index (χ0n) is 14.7. The summed E-state index contributed by atoms with van der Waals surface area (Å²) >= 11 is 0. The Morgan fingerprint density at radius 2 is 1.46 bits per heavy atom. The summed E-state index contributed by atoms with van der Waals surface area (Å²) in [6, 6.07) is 22.0. The van der Waals surface area contributed by atoms with Gasteiger partial charge >= 0.3 is 5.97 Å². The zero-order chi connectivity index (χ0) is 18.4. The molecule has 0 unspecified atom stereocenters. The fraction of sp³-hybridized carbons (Fsp3) is 0.0909. The smallest absolute Gasteiger partial charge is 0.343 e. The van der Waals surface area contributed by atoms with Crippen molar-refractivity contribution in [2.24, 2.45) is 4.99 Å². The van der Waals surface area contributed by atoms with Crippen LogP contribution in [0.25, 0.3) is 0 Å². The Hall–Kier alpha value is -3.40. The predicted octanol–water partition coefficient (Wildman–Crippen LogP) is 4.97. The Labute approximate surface area is 152 Å². The topological polar surface area (TPSA) is 47.9 Å². The van der Waals surface area contributed by atoms with Gasteiger partial charge in [-0.2, -0.15) is 0 Å².